The van der Waals surface area contributed by atoms with Crippen LogP contribution in [0.1, 0.15) is 23.2 Å². The molecule has 0 N–H and O–H groups in total. The van der Waals surface area contributed by atoms with Crippen molar-refractivity contribution in [2.75, 3.05) is 20.0 Å². The van der Waals surface area contributed by atoms with E-state index in [0.717, 1.165) is 27.8 Å². The van der Waals surface area contributed by atoms with Crippen LogP contribution in [0.25, 0.3) is 11.5 Å². The van der Waals surface area contributed by atoms with Crippen molar-refractivity contribution in [3.63, 3.8) is 0 Å². The summed E-state index contributed by atoms with van der Waals surface area (Å²) in [4.78, 5) is 12.2. The zero-order chi connectivity index (χ0) is 19.9. The summed E-state index contributed by atoms with van der Waals surface area (Å²) in [6.45, 7) is 0. The maximum atomic E-state index is 12.2. The van der Waals surface area contributed by atoms with Gasteiger partial charge in [-0.25, -0.2) is 0 Å². The van der Waals surface area contributed by atoms with Gasteiger partial charge in [0.2, 0.25) is 5.89 Å². The Hall–Kier alpha value is -2.32. The van der Waals surface area contributed by atoms with E-state index in [9.17, 15) is 4.79 Å². The lowest BCUT2D eigenvalue weighted by molar-refractivity contribution is 0.0982. The molecule has 0 aliphatic carbocycles. The van der Waals surface area contributed by atoms with Gasteiger partial charge in [-0.1, -0.05) is 39.8 Å². The van der Waals surface area contributed by atoms with Gasteiger partial charge in [0.25, 0.3) is 5.22 Å². The number of ether oxygens (including phenoxy) is 2. The third kappa shape index (κ3) is 5.14. The Bertz CT molecular complexity index is 944. The van der Waals surface area contributed by atoms with Crippen LogP contribution in [-0.2, 0) is 0 Å². The van der Waals surface area contributed by atoms with E-state index < -0.39 is 0 Å². The number of halogens is 1. The van der Waals surface area contributed by atoms with Gasteiger partial charge in [-0.2, -0.15) is 0 Å². The number of carbonyl (C=O) groups is 1. The topological polar surface area (TPSA) is 74.5 Å². The number of hydrogen-bond acceptors (Lipinski definition) is 7. The molecule has 0 saturated heterocycles. The predicted octanol–water partition coefficient (Wildman–Crippen LogP) is 5.27. The summed E-state index contributed by atoms with van der Waals surface area (Å²) in [7, 11) is 3.16. The SMILES string of the molecule is COc1ccc(-c2nnc(SCCCC(=O)c3ccc(Br)cc3)o2)cc1OC. The summed E-state index contributed by atoms with van der Waals surface area (Å²) in [5, 5.41) is 8.61. The zero-order valence-electron chi connectivity index (χ0n) is 15.5. The van der Waals surface area contributed by atoms with E-state index >= 15 is 0 Å². The Kier molecular flexibility index (Phi) is 7.11. The van der Waals surface area contributed by atoms with Crippen molar-refractivity contribution in [2.24, 2.45) is 0 Å². The van der Waals surface area contributed by atoms with Crippen LogP contribution >= 0.6 is 27.7 Å². The number of benzene rings is 2. The molecule has 0 bridgehead atoms. The highest BCUT2D eigenvalue weighted by molar-refractivity contribution is 9.10. The maximum absolute atomic E-state index is 12.2. The predicted molar refractivity (Wildman–Crippen MR) is 111 cm³/mol. The van der Waals surface area contributed by atoms with E-state index in [-0.39, 0.29) is 5.78 Å². The molecule has 1 heterocycles. The Morgan fingerprint density at radius 3 is 2.54 bits per heavy atom. The van der Waals surface area contributed by atoms with Crippen LogP contribution in [0.15, 0.2) is 56.6 Å². The lowest BCUT2D eigenvalue weighted by Gasteiger charge is -2.07. The van der Waals surface area contributed by atoms with Crippen LogP contribution in [0.3, 0.4) is 0 Å². The molecule has 2 aromatic carbocycles. The minimum atomic E-state index is 0.129. The molecule has 146 valence electrons. The minimum absolute atomic E-state index is 0.129. The Balaban J connectivity index is 1.52. The smallest absolute Gasteiger partial charge is 0.276 e. The van der Waals surface area contributed by atoms with Crippen LogP contribution in [0.2, 0.25) is 0 Å². The summed E-state index contributed by atoms with van der Waals surface area (Å²) in [5.41, 5.74) is 1.48. The highest BCUT2D eigenvalue weighted by Gasteiger charge is 2.13. The average Bonchev–Trinajstić information content (AvgIpc) is 3.20. The second-order valence-electron chi connectivity index (χ2n) is 5.82. The van der Waals surface area contributed by atoms with Crippen molar-refractivity contribution in [1.29, 1.82) is 0 Å². The molecule has 0 saturated carbocycles. The summed E-state index contributed by atoms with van der Waals surface area (Å²) >= 11 is 4.80. The minimum Gasteiger partial charge on any atom is -0.493 e. The number of Topliss-reactive ketones (excluding diaryl/α,β-unsaturated/α-hetero) is 1. The highest BCUT2D eigenvalue weighted by atomic mass is 79.9. The Morgan fingerprint density at radius 2 is 1.82 bits per heavy atom. The third-order valence-corrected chi connectivity index (χ3v) is 5.41. The number of thioether (sulfide) groups is 1. The highest BCUT2D eigenvalue weighted by Crippen LogP contribution is 2.32. The lowest BCUT2D eigenvalue weighted by Crippen LogP contribution is -1.99. The molecule has 3 rings (SSSR count). The summed E-state index contributed by atoms with van der Waals surface area (Å²) in [6.07, 6.45) is 1.21. The molecular formula is C20H19BrN2O4S. The number of hydrogen-bond donors (Lipinski definition) is 0. The fourth-order valence-electron chi connectivity index (χ4n) is 2.53. The molecule has 0 amide bonds. The number of aromatic nitrogens is 2. The van der Waals surface area contributed by atoms with Gasteiger partial charge in [-0.3, -0.25) is 4.79 Å². The second-order valence-corrected chi connectivity index (χ2v) is 7.79. The van der Waals surface area contributed by atoms with E-state index in [1.807, 2.05) is 30.3 Å². The van der Waals surface area contributed by atoms with Crippen LogP contribution in [0.4, 0.5) is 0 Å². The molecule has 3 aromatic rings. The number of nitrogens with zero attached hydrogens (tertiary/aromatic N) is 2. The summed E-state index contributed by atoms with van der Waals surface area (Å²) in [5.74, 6) is 2.49. The third-order valence-electron chi connectivity index (χ3n) is 3.98. The molecule has 0 spiro atoms. The zero-order valence-corrected chi connectivity index (χ0v) is 17.9. The normalized spacial score (nSPS) is 10.7. The summed E-state index contributed by atoms with van der Waals surface area (Å²) < 4.78 is 17.2. The molecule has 8 heteroatoms. The van der Waals surface area contributed by atoms with Crippen molar-refractivity contribution >= 4 is 33.5 Å². The van der Waals surface area contributed by atoms with Gasteiger partial charge in [0.05, 0.1) is 14.2 Å². The van der Waals surface area contributed by atoms with Crippen LogP contribution < -0.4 is 9.47 Å². The van der Waals surface area contributed by atoms with Gasteiger partial charge in [-0.15, -0.1) is 10.2 Å². The first-order valence-corrected chi connectivity index (χ1v) is 10.4. The van der Waals surface area contributed by atoms with E-state index in [1.54, 1.807) is 26.4 Å². The van der Waals surface area contributed by atoms with Gasteiger partial charge in [0.1, 0.15) is 0 Å². The summed E-state index contributed by atoms with van der Waals surface area (Å²) in [6, 6.07) is 12.8. The van der Waals surface area contributed by atoms with Gasteiger partial charge in [0, 0.05) is 27.8 Å². The molecule has 0 radical (unpaired) electrons. The first-order chi connectivity index (χ1) is 13.6. The average molecular weight is 463 g/mol. The first kappa shape index (κ1) is 20.4. The molecular weight excluding hydrogens is 444 g/mol. The van der Waals surface area contributed by atoms with Crippen molar-refractivity contribution in [3.8, 4) is 23.0 Å². The van der Waals surface area contributed by atoms with Gasteiger partial charge in [0.15, 0.2) is 17.3 Å². The standard InChI is InChI=1S/C20H19BrN2O4S/c1-25-17-10-7-14(12-18(17)26-2)19-22-23-20(27-19)28-11-3-4-16(24)13-5-8-15(21)9-6-13/h5-10,12H,3-4,11H2,1-2H3. The first-order valence-electron chi connectivity index (χ1n) is 8.58. The van der Waals surface area contributed by atoms with E-state index in [0.29, 0.717) is 29.0 Å². The van der Waals surface area contributed by atoms with E-state index in [2.05, 4.69) is 26.1 Å². The largest absolute Gasteiger partial charge is 0.493 e. The van der Waals surface area contributed by atoms with Gasteiger partial charge in [-0.05, 0) is 36.8 Å². The number of ketones is 1. The maximum Gasteiger partial charge on any atom is 0.276 e. The van der Waals surface area contributed by atoms with E-state index in [1.165, 1.54) is 11.8 Å². The van der Waals surface area contributed by atoms with Crippen molar-refractivity contribution in [3.05, 3.63) is 52.5 Å². The van der Waals surface area contributed by atoms with Crippen molar-refractivity contribution in [1.82, 2.24) is 10.2 Å². The Labute approximate surface area is 175 Å². The van der Waals surface area contributed by atoms with Gasteiger partial charge >= 0.3 is 0 Å². The van der Waals surface area contributed by atoms with Gasteiger partial charge < -0.3 is 13.9 Å². The van der Waals surface area contributed by atoms with Crippen molar-refractivity contribution < 1.29 is 18.7 Å². The van der Waals surface area contributed by atoms with Crippen LogP contribution in [0, 0.1) is 0 Å². The number of rotatable bonds is 9. The van der Waals surface area contributed by atoms with Crippen LogP contribution in [0.5, 0.6) is 11.5 Å². The fraction of sp³-hybridized carbons (Fsp3) is 0.250. The second kappa shape index (κ2) is 9.75. The molecule has 0 unspecified atom stereocenters. The monoisotopic (exact) mass is 462 g/mol. The van der Waals surface area contributed by atoms with Crippen LogP contribution in [-0.4, -0.2) is 36.0 Å². The molecule has 6 nitrogen and oxygen atoms in total. The molecule has 28 heavy (non-hydrogen) atoms. The van der Waals surface area contributed by atoms with Crippen molar-refractivity contribution in [2.45, 2.75) is 18.1 Å². The Morgan fingerprint density at radius 1 is 1.07 bits per heavy atom. The number of carbonyl (C=O) groups excluding carboxylic acids is 1. The lowest BCUT2D eigenvalue weighted by atomic mass is 10.1. The molecule has 0 aliphatic rings. The number of methoxy groups -OCH3 is 2. The van der Waals surface area contributed by atoms with E-state index in [4.69, 9.17) is 13.9 Å². The molecule has 0 fully saturated rings. The fourth-order valence-corrected chi connectivity index (χ4v) is 3.49. The molecule has 0 atom stereocenters. The molecule has 0 aliphatic heterocycles. The molecule has 1 aromatic heterocycles. The quantitative estimate of drug-likeness (QED) is 0.243.